The highest BCUT2D eigenvalue weighted by molar-refractivity contribution is 5.71. The SMILES string of the molecule is O=C(C/C=C\CCO)OC1CCCC1. The Morgan fingerprint density at radius 2 is 2.07 bits per heavy atom. The summed E-state index contributed by atoms with van der Waals surface area (Å²) in [4.78, 5) is 11.2. The standard InChI is InChI=1S/C11H18O3/c12-9-5-1-2-8-11(13)14-10-6-3-4-7-10/h1-2,10,12H,3-9H2/b2-1-. The third-order valence-corrected chi connectivity index (χ3v) is 2.35. The Hall–Kier alpha value is -0.830. The van der Waals surface area contributed by atoms with Crippen LogP contribution in [0, 0.1) is 0 Å². The number of hydrogen-bond donors (Lipinski definition) is 1. The van der Waals surface area contributed by atoms with Crippen LogP contribution in [0.3, 0.4) is 0 Å². The minimum absolute atomic E-state index is 0.133. The van der Waals surface area contributed by atoms with Crippen LogP contribution in [0.5, 0.6) is 0 Å². The number of esters is 1. The van der Waals surface area contributed by atoms with Crippen molar-refractivity contribution in [3.8, 4) is 0 Å². The Bertz CT molecular complexity index is 193. The molecule has 1 aliphatic carbocycles. The third-order valence-electron chi connectivity index (χ3n) is 2.35. The second kappa shape index (κ2) is 6.60. The maximum absolute atomic E-state index is 11.2. The number of aliphatic hydroxyl groups excluding tert-OH is 1. The number of aliphatic hydroxyl groups is 1. The third kappa shape index (κ3) is 4.42. The van der Waals surface area contributed by atoms with Crippen LogP contribution in [0.25, 0.3) is 0 Å². The molecule has 1 fully saturated rings. The van der Waals surface area contributed by atoms with Crippen molar-refractivity contribution >= 4 is 5.97 Å². The van der Waals surface area contributed by atoms with Gasteiger partial charge in [-0.25, -0.2) is 0 Å². The van der Waals surface area contributed by atoms with E-state index in [2.05, 4.69) is 0 Å². The largest absolute Gasteiger partial charge is 0.462 e. The molecule has 0 bridgehead atoms. The van der Waals surface area contributed by atoms with E-state index in [-0.39, 0.29) is 18.7 Å². The van der Waals surface area contributed by atoms with Crippen LogP contribution in [0.2, 0.25) is 0 Å². The van der Waals surface area contributed by atoms with Crippen LogP contribution in [0.15, 0.2) is 12.2 Å². The Labute approximate surface area is 84.8 Å². The van der Waals surface area contributed by atoms with Crippen molar-refractivity contribution in [2.24, 2.45) is 0 Å². The minimum Gasteiger partial charge on any atom is -0.462 e. The first-order valence-corrected chi connectivity index (χ1v) is 5.28. The van der Waals surface area contributed by atoms with Gasteiger partial charge in [-0.1, -0.05) is 12.2 Å². The summed E-state index contributed by atoms with van der Waals surface area (Å²) >= 11 is 0. The van der Waals surface area contributed by atoms with Crippen molar-refractivity contribution in [1.29, 1.82) is 0 Å². The second-order valence-corrected chi connectivity index (χ2v) is 3.58. The van der Waals surface area contributed by atoms with Gasteiger partial charge in [-0.15, -0.1) is 0 Å². The van der Waals surface area contributed by atoms with Gasteiger partial charge in [-0.2, -0.15) is 0 Å². The van der Waals surface area contributed by atoms with Gasteiger partial charge in [-0.3, -0.25) is 4.79 Å². The molecule has 0 amide bonds. The fourth-order valence-corrected chi connectivity index (χ4v) is 1.61. The van der Waals surface area contributed by atoms with Crippen LogP contribution in [0.1, 0.15) is 38.5 Å². The molecule has 0 aromatic rings. The number of hydrogen-bond acceptors (Lipinski definition) is 3. The summed E-state index contributed by atoms with van der Waals surface area (Å²) < 4.78 is 5.24. The highest BCUT2D eigenvalue weighted by atomic mass is 16.5. The van der Waals surface area contributed by atoms with Crippen LogP contribution >= 0.6 is 0 Å². The van der Waals surface area contributed by atoms with Crippen LogP contribution in [0.4, 0.5) is 0 Å². The van der Waals surface area contributed by atoms with Gasteiger partial charge in [0.25, 0.3) is 0 Å². The number of rotatable bonds is 5. The molecule has 1 N–H and O–H groups in total. The molecule has 0 unspecified atom stereocenters. The molecule has 0 saturated heterocycles. The second-order valence-electron chi connectivity index (χ2n) is 3.58. The summed E-state index contributed by atoms with van der Waals surface area (Å²) in [5, 5.41) is 8.49. The maximum Gasteiger partial charge on any atom is 0.309 e. The molecule has 1 rings (SSSR count). The molecule has 14 heavy (non-hydrogen) atoms. The van der Waals surface area contributed by atoms with Gasteiger partial charge in [0.15, 0.2) is 0 Å². The fourth-order valence-electron chi connectivity index (χ4n) is 1.61. The predicted molar refractivity (Wildman–Crippen MR) is 53.8 cm³/mol. The molecule has 0 spiro atoms. The average Bonchev–Trinajstić information content (AvgIpc) is 2.65. The van der Waals surface area contributed by atoms with E-state index in [9.17, 15) is 4.79 Å². The van der Waals surface area contributed by atoms with Crippen molar-refractivity contribution in [2.75, 3.05) is 6.61 Å². The molecule has 80 valence electrons. The molecule has 3 heteroatoms. The van der Waals surface area contributed by atoms with E-state index in [4.69, 9.17) is 9.84 Å². The maximum atomic E-state index is 11.2. The number of ether oxygens (including phenoxy) is 1. The molecule has 0 aliphatic heterocycles. The van der Waals surface area contributed by atoms with Crippen molar-refractivity contribution in [3.05, 3.63) is 12.2 Å². The van der Waals surface area contributed by atoms with Crippen molar-refractivity contribution in [1.82, 2.24) is 0 Å². The molecular weight excluding hydrogens is 180 g/mol. The first kappa shape index (κ1) is 11.2. The molecule has 3 nitrogen and oxygen atoms in total. The molecule has 0 aromatic heterocycles. The quantitative estimate of drug-likeness (QED) is 0.541. The van der Waals surface area contributed by atoms with Crippen molar-refractivity contribution in [2.45, 2.75) is 44.6 Å². The highest BCUT2D eigenvalue weighted by Crippen LogP contribution is 2.21. The van der Waals surface area contributed by atoms with Gasteiger partial charge in [0.1, 0.15) is 6.10 Å². The summed E-state index contributed by atoms with van der Waals surface area (Å²) in [7, 11) is 0. The van der Waals surface area contributed by atoms with Crippen LogP contribution in [-0.4, -0.2) is 23.8 Å². The fraction of sp³-hybridized carbons (Fsp3) is 0.727. The minimum atomic E-state index is -0.147. The summed E-state index contributed by atoms with van der Waals surface area (Å²) in [6, 6.07) is 0. The van der Waals surface area contributed by atoms with Crippen molar-refractivity contribution in [3.63, 3.8) is 0 Å². The van der Waals surface area contributed by atoms with E-state index >= 15 is 0 Å². The predicted octanol–water partition coefficient (Wildman–Crippen LogP) is 1.80. The van der Waals surface area contributed by atoms with Crippen LogP contribution in [-0.2, 0) is 9.53 Å². The summed E-state index contributed by atoms with van der Waals surface area (Å²) in [6.45, 7) is 0.133. The van der Waals surface area contributed by atoms with E-state index < -0.39 is 0 Å². The monoisotopic (exact) mass is 198 g/mol. The van der Waals surface area contributed by atoms with E-state index in [1.807, 2.05) is 0 Å². The van der Waals surface area contributed by atoms with Gasteiger partial charge in [-0.05, 0) is 32.1 Å². The lowest BCUT2D eigenvalue weighted by Gasteiger charge is -2.09. The van der Waals surface area contributed by atoms with Gasteiger partial charge in [0.2, 0.25) is 0 Å². The smallest absolute Gasteiger partial charge is 0.309 e. The summed E-state index contributed by atoms with van der Waals surface area (Å²) in [5.41, 5.74) is 0. The lowest BCUT2D eigenvalue weighted by Crippen LogP contribution is -2.13. The molecular formula is C11H18O3. The molecule has 0 heterocycles. The Kier molecular flexibility index (Phi) is 5.30. The molecule has 0 radical (unpaired) electrons. The first-order chi connectivity index (χ1) is 6.83. The molecule has 0 aromatic carbocycles. The molecule has 0 atom stereocenters. The Morgan fingerprint density at radius 3 is 2.71 bits per heavy atom. The summed E-state index contributed by atoms with van der Waals surface area (Å²) in [5.74, 6) is -0.147. The lowest BCUT2D eigenvalue weighted by molar-refractivity contribution is -0.147. The van der Waals surface area contributed by atoms with Gasteiger partial charge in [0.05, 0.1) is 6.42 Å². The van der Waals surface area contributed by atoms with E-state index in [1.54, 1.807) is 12.2 Å². The number of carbonyl (C=O) groups is 1. The zero-order chi connectivity index (χ0) is 10.2. The lowest BCUT2D eigenvalue weighted by atomic mass is 10.3. The Balaban J connectivity index is 2.09. The normalized spacial score (nSPS) is 17.8. The number of carbonyl (C=O) groups excluding carboxylic acids is 1. The zero-order valence-electron chi connectivity index (χ0n) is 8.45. The van der Waals surface area contributed by atoms with Gasteiger partial charge >= 0.3 is 5.97 Å². The Morgan fingerprint density at radius 1 is 1.36 bits per heavy atom. The average molecular weight is 198 g/mol. The van der Waals surface area contributed by atoms with E-state index in [1.165, 1.54) is 12.8 Å². The summed E-state index contributed by atoms with van der Waals surface area (Å²) in [6.07, 6.45) is 9.06. The van der Waals surface area contributed by atoms with Gasteiger partial charge in [0, 0.05) is 6.61 Å². The van der Waals surface area contributed by atoms with E-state index in [0.29, 0.717) is 12.8 Å². The van der Waals surface area contributed by atoms with Crippen LogP contribution < -0.4 is 0 Å². The zero-order valence-corrected chi connectivity index (χ0v) is 8.45. The van der Waals surface area contributed by atoms with E-state index in [0.717, 1.165) is 12.8 Å². The molecule has 1 aliphatic rings. The topological polar surface area (TPSA) is 46.5 Å². The van der Waals surface area contributed by atoms with Crippen molar-refractivity contribution < 1.29 is 14.6 Å². The highest BCUT2D eigenvalue weighted by Gasteiger charge is 2.18. The van der Waals surface area contributed by atoms with Gasteiger partial charge < -0.3 is 9.84 Å². The molecule has 1 saturated carbocycles. The first-order valence-electron chi connectivity index (χ1n) is 5.28.